The molecule has 6 heteroatoms. The third kappa shape index (κ3) is 2.73. The van der Waals surface area contributed by atoms with E-state index in [0.29, 0.717) is 19.2 Å². The molecule has 0 saturated carbocycles. The molecule has 23 heavy (non-hydrogen) atoms. The van der Waals surface area contributed by atoms with Gasteiger partial charge in [-0.2, -0.15) is 0 Å². The van der Waals surface area contributed by atoms with Crippen molar-refractivity contribution < 1.29 is 9.84 Å². The van der Waals surface area contributed by atoms with Gasteiger partial charge in [0, 0.05) is 23.8 Å². The van der Waals surface area contributed by atoms with E-state index in [2.05, 4.69) is 20.2 Å². The van der Waals surface area contributed by atoms with Crippen LogP contribution in [0.5, 0.6) is 0 Å². The van der Waals surface area contributed by atoms with E-state index in [9.17, 15) is 5.11 Å². The van der Waals surface area contributed by atoms with Crippen LogP contribution in [0.25, 0.3) is 0 Å². The maximum atomic E-state index is 10.1. The van der Waals surface area contributed by atoms with Crippen molar-refractivity contribution in [1.29, 1.82) is 0 Å². The van der Waals surface area contributed by atoms with Crippen molar-refractivity contribution in [2.45, 2.75) is 50.1 Å². The van der Waals surface area contributed by atoms with Crippen molar-refractivity contribution in [3.8, 4) is 0 Å². The molecule has 2 aliphatic heterocycles. The van der Waals surface area contributed by atoms with Crippen LogP contribution in [-0.4, -0.2) is 64.5 Å². The van der Waals surface area contributed by atoms with Crippen LogP contribution in [0.4, 0.5) is 5.82 Å². The van der Waals surface area contributed by atoms with Gasteiger partial charge in [-0.3, -0.25) is 4.90 Å². The number of aryl methyl sites for hydroxylation is 1. The summed E-state index contributed by atoms with van der Waals surface area (Å²) in [5.74, 6) is 0.948. The SMILES string of the molecule is OC[C@]1(CNc2ncnc3c2CCCC3)COC[C@@H]2CCCN21. The van der Waals surface area contributed by atoms with Gasteiger partial charge in [-0.1, -0.05) is 0 Å². The summed E-state index contributed by atoms with van der Waals surface area (Å²) in [5.41, 5.74) is 2.12. The van der Waals surface area contributed by atoms with Crippen molar-refractivity contribution in [3.63, 3.8) is 0 Å². The van der Waals surface area contributed by atoms with Gasteiger partial charge in [0.05, 0.1) is 25.4 Å². The second-order valence-electron chi connectivity index (χ2n) is 7.10. The number of aromatic nitrogens is 2. The minimum Gasteiger partial charge on any atom is -0.394 e. The molecule has 1 aromatic rings. The Bertz CT molecular complexity index is 568. The Morgan fingerprint density at radius 1 is 1.30 bits per heavy atom. The number of anilines is 1. The van der Waals surface area contributed by atoms with Gasteiger partial charge in [0.2, 0.25) is 0 Å². The number of morpholine rings is 1. The second-order valence-corrected chi connectivity index (χ2v) is 7.10. The Kier molecular flexibility index (Phi) is 4.22. The van der Waals surface area contributed by atoms with Crippen LogP contribution in [-0.2, 0) is 17.6 Å². The minimum absolute atomic E-state index is 0.115. The zero-order valence-corrected chi connectivity index (χ0v) is 13.6. The molecule has 3 aliphatic rings. The molecule has 0 radical (unpaired) electrons. The Balaban J connectivity index is 1.53. The van der Waals surface area contributed by atoms with Gasteiger partial charge < -0.3 is 15.2 Å². The molecule has 2 N–H and O–H groups in total. The molecule has 0 aromatic carbocycles. The van der Waals surface area contributed by atoms with Crippen molar-refractivity contribution in [2.24, 2.45) is 0 Å². The molecule has 0 spiro atoms. The Morgan fingerprint density at radius 2 is 2.22 bits per heavy atom. The van der Waals surface area contributed by atoms with Gasteiger partial charge in [-0.15, -0.1) is 0 Å². The molecule has 2 atom stereocenters. The number of hydrogen-bond acceptors (Lipinski definition) is 6. The van der Waals surface area contributed by atoms with Crippen molar-refractivity contribution in [2.75, 3.05) is 38.2 Å². The molecule has 0 unspecified atom stereocenters. The lowest BCUT2D eigenvalue weighted by Gasteiger charge is -2.47. The molecule has 6 nitrogen and oxygen atoms in total. The molecule has 2 saturated heterocycles. The number of rotatable bonds is 4. The molecule has 126 valence electrons. The van der Waals surface area contributed by atoms with Gasteiger partial charge in [-0.05, 0) is 45.1 Å². The third-order valence-electron chi connectivity index (χ3n) is 5.67. The van der Waals surface area contributed by atoms with Crippen molar-refractivity contribution in [1.82, 2.24) is 14.9 Å². The third-order valence-corrected chi connectivity index (χ3v) is 5.67. The van der Waals surface area contributed by atoms with Gasteiger partial charge in [0.15, 0.2) is 0 Å². The highest BCUT2D eigenvalue weighted by atomic mass is 16.5. The van der Waals surface area contributed by atoms with Crippen LogP contribution in [0.3, 0.4) is 0 Å². The highest BCUT2D eigenvalue weighted by Crippen LogP contribution is 2.32. The van der Waals surface area contributed by atoms with E-state index in [1.807, 2.05) is 0 Å². The van der Waals surface area contributed by atoms with Crippen molar-refractivity contribution >= 4 is 5.82 Å². The summed E-state index contributed by atoms with van der Waals surface area (Å²) in [6, 6.07) is 0.456. The first-order valence-corrected chi connectivity index (χ1v) is 8.84. The number of aliphatic hydroxyl groups excluding tert-OH is 1. The number of ether oxygens (including phenoxy) is 1. The predicted molar refractivity (Wildman–Crippen MR) is 87.5 cm³/mol. The maximum absolute atomic E-state index is 10.1. The van der Waals surface area contributed by atoms with E-state index in [0.717, 1.165) is 31.8 Å². The molecule has 0 amide bonds. The predicted octanol–water partition coefficient (Wildman–Crippen LogP) is 0.993. The van der Waals surface area contributed by atoms with Gasteiger partial charge in [-0.25, -0.2) is 9.97 Å². The Morgan fingerprint density at radius 3 is 3.13 bits per heavy atom. The van der Waals surface area contributed by atoms with Crippen molar-refractivity contribution in [3.05, 3.63) is 17.6 Å². The second kappa shape index (κ2) is 6.34. The number of nitrogens with zero attached hydrogens (tertiary/aromatic N) is 3. The smallest absolute Gasteiger partial charge is 0.132 e. The van der Waals surface area contributed by atoms with E-state index >= 15 is 0 Å². The number of nitrogens with one attached hydrogen (secondary N) is 1. The summed E-state index contributed by atoms with van der Waals surface area (Å²) in [6.07, 6.45) is 8.55. The lowest BCUT2D eigenvalue weighted by atomic mass is 9.94. The number of aliphatic hydroxyl groups is 1. The van der Waals surface area contributed by atoms with E-state index in [1.54, 1.807) is 6.33 Å². The van der Waals surface area contributed by atoms with Crippen LogP contribution < -0.4 is 5.32 Å². The summed E-state index contributed by atoms with van der Waals surface area (Å²) in [4.78, 5) is 11.3. The summed E-state index contributed by atoms with van der Waals surface area (Å²) < 4.78 is 5.82. The quantitative estimate of drug-likeness (QED) is 0.863. The molecular formula is C17H26N4O2. The molecule has 3 heterocycles. The Hall–Kier alpha value is -1.24. The van der Waals surface area contributed by atoms with Gasteiger partial charge in [0.25, 0.3) is 0 Å². The fourth-order valence-electron chi connectivity index (χ4n) is 4.37. The van der Waals surface area contributed by atoms with E-state index in [4.69, 9.17) is 4.74 Å². The standard InChI is InChI=1S/C17H26N4O2/c22-10-17(11-23-8-13-4-3-7-21(13)17)9-18-16-14-5-1-2-6-15(14)19-12-20-16/h12-13,22H,1-11H2,(H,18,19,20)/t13-,17+/m0/s1. The fraction of sp³-hybridized carbons (Fsp3) is 0.765. The minimum atomic E-state index is -0.327. The summed E-state index contributed by atoms with van der Waals surface area (Å²) >= 11 is 0. The zero-order valence-electron chi connectivity index (χ0n) is 13.6. The zero-order chi connectivity index (χ0) is 15.7. The van der Waals surface area contributed by atoms with E-state index < -0.39 is 0 Å². The van der Waals surface area contributed by atoms with Crippen LogP contribution in [0, 0.1) is 0 Å². The van der Waals surface area contributed by atoms with Crippen LogP contribution in [0.15, 0.2) is 6.33 Å². The topological polar surface area (TPSA) is 70.5 Å². The van der Waals surface area contributed by atoms with Gasteiger partial charge in [0.1, 0.15) is 12.1 Å². The van der Waals surface area contributed by atoms with E-state index in [1.165, 1.54) is 36.9 Å². The molecule has 4 rings (SSSR count). The molecule has 0 bridgehead atoms. The maximum Gasteiger partial charge on any atom is 0.132 e. The molecule has 1 aromatic heterocycles. The average Bonchev–Trinajstić information content (AvgIpc) is 3.09. The first-order chi connectivity index (χ1) is 11.3. The van der Waals surface area contributed by atoms with Crippen LogP contribution in [0.2, 0.25) is 0 Å². The molecule has 1 aliphatic carbocycles. The Labute approximate surface area is 137 Å². The summed E-state index contributed by atoms with van der Waals surface area (Å²) in [7, 11) is 0. The van der Waals surface area contributed by atoms with Gasteiger partial charge >= 0.3 is 0 Å². The lowest BCUT2D eigenvalue weighted by Crippen LogP contribution is -2.64. The highest BCUT2D eigenvalue weighted by molar-refractivity contribution is 5.47. The first-order valence-electron chi connectivity index (χ1n) is 8.84. The fourth-order valence-corrected chi connectivity index (χ4v) is 4.37. The summed E-state index contributed by atoms with van der Waals surface area (Å²) in [5, 5.41) is 13.6. The molecule has 2 fully saturated rings. The number of fused-ring (bicyclic) bond motifs is 2. The largest absolute Gasteiger partial charge is 0.394 e. The number of hydrogen-bond donors (Lipinski definition) is 2. The van der Waals surface area contributed by atoms with E-state index in [-0.39, 0.29) is 12.1 Å². The lowest BCUT2D eigenvalue weighted by molar-refractivity contribution is -0.101. The average molecular weight is 318 g/mol. The van der Waals surface area contributed by atoms with Crippen LogP contribution in [0.1, 0.15) is 36.9 Å². The first kappa shape index (κ1) is 15.3. The normalized spacial score (nSPS) is 30.7. The highest BCUT2D eigenvalue weighted by Gasteiger charge is 2.46. The summed E-state index contributed by atoms with van der Waals surface area (Å²) in [6.45, 7) is 3.22. The van der Waals surface area contributed by atoms with Crippen LogP contribution >= 0.6 is 0 Å². The monoisotopic (exact) mass is 318 g/mol. The molecular weight excluding hydrogens is 292 g/mol.